The first-order valence-corrected chi connectivity index (χ1v) is 8.07. The third-order valence-electron chi connectivity index (χ3n) is 4.58. The van der Waals surface area contributed by atoms with Crippen molar-refractivity contribution in [3.05, 3.63) is 48.2 Å². The highest BCUT2D eigenvalue weighted by molar-refractivity contribution is 5.96. The van der Waals surface area contributed by atoms with Crippen molar-refractivity contribution in [1.82, 2.24) is 9.88 Å². The third-order valence-corrected chi connectivity index (χ3v) is 4.58. The van der Waals surface area contributed by atoms with E-state index in [-0.39, 0.29) is 5.91 Å². The number of aromatic nitrogens is 1. The van der Waals surface area contributed by atoms with Crippen LogP contribution in [0.1, 0.15) is 23.2 Å². The van der Waals surface area contributed by atoms with Gasteiger partial charge in [0.25, 0.3) is 5.91 Å². The van der Waals surface area contributed by atoms with E-state index in [9.17, 15) is 4.79 Å². The molecule has 0 aliphatic carbocycles. The summed E-state index contributed by atoms with van der Waals surface area (Å²) in [5.74, 6) is 1.01. The molecule has 1 amide bonds. The highest BCUT2D eigenvalue weighted by Crippen LogP contribution is 2.38. The monoisotopic (exact) mass is 308 g/mol. The van der Waals surface area contributed by atoms with Gasteiger partial charge in [0, 0.05) is 32.0 Å². The molecule has 118 valence electrons. The summed E-state index contributed by atoms with van der Waals surface area (Å²) >= 11 is 0. The van der Waals surface area contributed by atoms with Gasteiger partial charge in [-0.25, -0.2) is 4.98 Å². The van der Waals surface area contributed by atoms with Crippen molar-refractivity contribution in [2.45, 2.75) is 12.8 Å². The lowest BCUT2D eigenvalue weighted by Gasteiger charge is -2.18. The van der Waals surface area contributed by atoms with Gasteiger partial charge in [-0.15, -0.1) is 0 Å². The van der Waals surface area contributed by atoms with Gasteiger partial charge in [0.05, 0.1) is 17.9 Å². The van der Waals surface area contributed by atoms with Crippen molar-refractivity contribution in [3.63, 3.8) is 0 Å². The summed E-state index contributed by atoms with van der Waals surface area (Å²) in [6.07, 6.45) is 3.92. The first-order chi connectivity index (χ1) is 11.2. The number of carbonyl (C=O) groups is 1. The Morgan fingerprint density at radius 1 is 1.13 bits per heavy atom. The summed E-state index contributed by atoms with van der Waals surface area (Å²) in [6.45, 7) is 2.47. The molecule has 0 atom stereocenters. The molecule has 0 unspecified atom stereocenters. The van der Waals surface area contributed by atoms with Gasteiger partial charge in [0.2, 0.25) is 0 Å². The fraction of sp³-hybridized carbons (Fsp3) is 0.333. The average Bonchev–Trinajstić information content (AvgIpc) is 3.23. The smallest absolute Gasteiger partial charge is 0.255 e. The summed E-state index contributed by atoms with van der Waals surface area (Å²) in [5, 5.41) is 0. The second-order valence-electron chi connectivity index (χ2n) is 6.17. The van der Waals surface area contributed by atoms with E-state index in [1.807, 2.05) is 36.2 Å². The molecule has 1 aromatic carbocycles. The third kappa shape index (κ3) is 2.42. The van der Waals surface area contributed by atoms with Gasteiger partial charge in [-0.05, 0) is 31.0 Å². The summed E-state index contributed by atoms with van der Waals surface area (Å²) in [4.78, 5) is 23.4. The van der Waals surface area contributed by atoms with Crippen LogP contribution in [0.15, 0.2) is 42.6 Å². The minimum absolute atomic E-state index is 0.101. The molecule has 0 bridgehead atoms. The van der Waals surface area contributed by atoms with E-state index < -0.39 is 0 Å². The van der Waals surface area contributed by atoms with E-state index in [4.69, 9.17) is 0 Å². The van der Waals surface area contributed by atoms with Crippen LogP contribution in [0, 0.1) is 0 Å². The molecule has 0 N–H and O–H groups in total. The zero-order valence-electron chi connectivity index (χ0n) is 13.3. The topological polar surface area (TPSA) is 39.7 Å². The molecule has 2 aromatic rings. The van der Waals surface area contributed by atoms with Crippen LogP contribution in [0.25, 0.3) is 0 Å². The SMILES string of the molecule is CN1CN(c2ccccc2)c2ncc(C(=O)N3CCCC3)cc21. The van der Waals surface area contributed by atoms with Gasteiger partial charge in [0.1, 0.15) is 0 Å². The Balaban J connectivity index is 1.67. The number of hydrogen-bond donors (Lipinski definition) is 0. The summed E-state index contributed by atoms with van der Waals surface area (Å²) < 4.78 is 0. The predicted octanol–water partition coefficient (Wildman–Crippen LogP) is 2.86. The van der Waals surface area contributed by atoms with Crippen molar-refractivity contribution in [3.8, 4) is 0 Å². The molecule has 23 heavy (non-hydrogen) atoms. The number of carbonyl (C=O) groups excluding carboxylic acids is 1. The molecule has 0 saturated carbocycles. The highest BCUT2D eigenvalue weighted by Gasteiger charge is 2.28. The van der Waals surface area contributed by atoms with Gasteiger partial charge < -0.3 is 14.7 Å². The van der Waals surface area contributed by atoms with Gasteiger partial charge in [-0.1, -0.05) is 18.2 Å². The molecule has 0 radical (unpaired) electrons. The van der Waals surface area contributed by atoms with Crippen molar-refractivity contribution in [2.24, 2.45) is 0 Å². The fourth-order valence-electron chi connectivity index (χ4n) is 3.32. The molecular weight excluding hydrogens is 288 g/mol. The Kier molecular flexibility index (Phi) is 3.41. The number of para-hydroxylation sites is 1. The first-order valence-electron chi connectivity index (χ1n) is 8.07. The zero-order valence-corrected chi connectivity index (χ0v) is 13.3. The Bertz CT molecular complexity index is 725. The van der Waals surface area contributed by atoms with Crippen molar-refractivity contribution in [1.29, 1.82) is 0 Å². The summed E-state index contributed by atoms with van der Waals surface area (Å²) in [6, 6.07) is 12.2. The van der Waals surface area contributed by atoms with Gasteiger partial charge in [-0.3, -0.25) is 4.79 Å². The molecule has 4 rings (SSSR count). The van der Waals surface area contributed by atoms with Crippen LogP contribution in [0.3, 0.4) is 0 Å². The Labute approximate surface area is 136 Å². The Hall–Kier alpha value is -2.56. The van der Waals surface area contributed by atoms with E-state index >= 15 is 0 Å². The highest BCUT2D eigenvalue weighted by atomic mass is 16.2. The quantitative estimate of drug-likeness (QED) is 0.855. The van der Waals surface area contributed by atoms with E-state index in [1.54, 1.807) is 6.20 Å². The molecule has 2 aliphatic heterocycles. The van der Waals surface area contributed by atoms with Crippen molar-refractivity contribution in [2.75, 3.05) is 36.6 Å². The molecule has 1 fully saturated rings. The number of anilines is 3. The van der Waals surface area contributed by atoms with Crippen molar-refractivity contribution < 1.29 is 4.79 Å². The zero-order chi connectivity index (χ0) is 15.8. The average molecular weight is 308 g/mol. The van der Waals surface area contributed by atoms with Crippen LogP contribution < -0.4 is 9.80 Å². The van der Waals surface area contributed by atoms with Crippen LogP contribution in [-0.2, 0) is 0 Å². The maximum absolute atomic E-state index is 12.6. The molecule has 1 saturated heterocycles. The minimum Gasteiger partial charge on any atom is -0.353 e. The van der Waals surface area contributed by atoms with Crippen LogP contribution in [0.2, 0.25) is 0 Å². The number of hydrogen-bond acceptors (Lipinski definition) is 4. The summed E-state index contributed by atoms with van der Waals surface area (Å²) in [7, 11) is 2.04. The van der Waals surface area contributed by atoms with Gasteiger partial charge in [0.15, 0.2) is 5.82 Å². The number of pyridine rings is 1. The standard InChI is InChI=1S/C18H20N4O/c1-20-13-22(15-7-3-2-4-8-15)17-16(20)11-14(12-19-17)18(23)21-9-5-6-10-21/h2-4,7-8,11-12H,5-6,9-10,13H2,1H3. The molecular formula is C18H20N4O. The van der Waals surface area contributed by atoms with Gasteiger partial charge in [-0.2, -0.15) is 0 Å². The van der Waals surface area contributed by atoms with Crippen LogP contribution in [0.4, 0.5) is 17.2 Å². The second kappa shape index (κ2) is 5.57. The molecule has 3 heterocycles. The number of nitrogens with zero attached hydrogens (tertiary/aromatic N) is 4. The molecule has 2 aliphatic rings. The number of rotatable bonds is 2. The lowest BCUT2D eigenvalue weighted by atomic mass is 10.2. The molecule has 5 nitrogen and oxygen atoms in total. The van der Waals surface area contributed by atoms with E-state index in [2.05, 4.69) is 26.9 Å². The number of fused-ring (bicyclic) bond motifs is 1. The van der Waals surface area contributed by atoms with Crippen LogP contribution in [-0.4, -0.2) is 42.6 Å². The van der Waals surface area contributed by atoms with E-state index in [0.717, 1.165) is 49.8 Å². The molecule has 5 heteroatoms. The lowest BCUT2D eigenvalue weighted by molar-refractivity contribution is 0.0792. The fourth-order valence-corrected chi connectivity index (χ4v) is 3.32. The molecule has 0 spiro atoms. The van der Waals surface area contributed by atoms with E-state index in [0.29, 0.717) is 5.56 Å². The normalized spacial score (nSPS) is 16.8. The van der Waals surface area contributed by atoms with Crippen molar-refractivity contribution >= 4 is 23.1 Å². The Morgan fingerprint density at radius 3 is 2.61 bits per heavy atom. The molecule has 1 aromatic heterocycles. The predicted molar refractivity (Wildman–Crippen MR) is 91.2 cm³/mol. The number of amides is 1. The van der Waals surface area contributed by atoms with E-state index in [1.165, 1.54) is 0 Å². The lowest BCUT2D eigenvalue weighted by Crippen LogP contribution is -2.27. The Morgan fingerprint density at radius 2 is 1.87 bits per heavy atom. The first kappa shape index (κ1) is 14.1. The largest absolute Gasteiger partial charge is 0.353 e. The maximum Gasteiger partial charge on any atom is 0.255 e. The number of likely N-dealkylation sites (tertiary alicyclic amines) is 1. The number of benzene rings is 1. The van der Waals surface area contributed by atoms with Gasteiger partial charge >= 0.3 is 0 Å². The maximum atomic E-state index is 12.6. The second-order valence-corrected chi connectivity index (χ2v) is 6.17. The van der Waals surface area contributed by atoms with Crippen LogP contribution in [0.5, 0.6) is 0 Å². The summed E-state index contributed by atoms with van der Waals surface area (Å²) in [5.41, 5.74) is 2.82. The van der Waals surface area contributed by atoms with Crippen LogP contribution >= 0.6 is 0 Å². The minimum atomic E-state index is 0.101.